The number of alkyl halides is 3. The Morgan fingerprint density at radius 3 is 1.90 bits per heavy atom. The molecule has 5 rings (SSSR count). The van der Waals surface area contributed by atoms with Gasteiger partial charge >= 0.3 is 16.3 Å². The van der Waals surface area contributed by atoms with Crippen LogP contribution in [0.5, 0.6) is 5.75 Å². The standard InChI is InChI=1S/C28H15F9O3S/c29-16-5-1-13(2-6-16)21-12-15(28(35,36)37)4-9-20(21)19-8-3-14-11-17(7-10-18(14)19)41(38,39)40-27-25(33)23(31)22(30)24(32)26(27)34/h1-2,4-7,9-12,19H,3,8H2/t19-/m0/s1. The maximum absolute atomic E-state index is 14.0. The van der Waals surface area contributed by atoms with Crippen LogP contribution in [0.4, 0.5) is 39.5 Å². The van der Waals surface area contributed by atoms with E-state index in [9.17, 15) is 47.9 Å². The molecule has 41 heavy (non-hydrogen) atoms. The minimum atomic E-state index is -5.08. The fourth-order valence-electron chi connectivity index (χ4n) is 4.80. The van der Waals surface area contributed by atoms with Crippen LogP contribution in [-0.2, 0) is 22.7 Å². The molecule has 1 atom stereocenters. The topological polar surface area (TPSA) is 43.4 Å². The van der Waals surface area contributed by atoms with Crippen molar-refractivity contribution >= 4 is 10.1 Å². The van der Waals surface area contributed by atoms with E-state index in [1.54, 1.807) is 0 Å². The molecule has 0 fully saturated rings. The van der Waals surface area contributed by atoms with Gasteiger partial charge in [-0.05, 0) is 77.1 Å². The first-order valence-electron chi connectivity index (χ1n) is 11.7. The van der Waals surface area contributed by atoms with E-state index >= 15 is 0 Å². The molecule has 0 saturated heterocycles. The average molecular weight is 602 g/mol. The molecule has 4 aromatic rings. The van der Waals surface area contributed by atoms with Gasteiger partial charge in [-0.2, -0.15) is 30.4 Å². The highest BCUT2D eigenvalue weighted by atomic mass is 32.2. The van der Waals surface area contributed by atoms with E-state index in [1.165, 1.54) is 24.3 Å². The summed E-state index contributed by atoms with van der Waals surface area (Å²) in [6, 6.07) is 11.4. The van der Waals surface area contributed by atoms with Crippen LogP contribution in [0.25, 0.3) is 11.1 Å². The molecule has 0 radical (unpaired) electrons. The lowest BCUT2D eigenvalue weighted by Crippen LogP contribution is -2.15. The second-order valence-electron chi connectivity index (χ2n) is 9.20. The van der Waals surface area contributed by atoms with Gasteiger partial charge in [0.05, 0.1) is 5.56 Å². The van der Waals surface area contributed by atoms with E-state index in [4.69, 9.17) is 0 Å². The Kier molecular flexibility index (Phi) is 7.04. The summed E-state index contributed by atoms with van der Waals surface area (Å²) >= 11 is 0. The number of fused-ring (bicyclic) bond motifs is 1. The molecule has 0 N–H and O–H groups in total. The minimum absolute atomic E-state index is 0.184. The zero-order valence-corrected chi connectivity index (χ0v) is 21.1. The number of rotatable bonds is 5. The van der Waals surface area contributed by atoms with Crippen LogP contribution in [0.15, 0.2) is 65.6 Å². The van der Waals surface area contributed by atoms with Crippen LogP contribution in [-0.4, -0.2) is 8.42 Å². The predicted octanol–water partition coefficient (Wildman–Crippen LogP) is 8.05. The van der Waals surface area contributed by atoms with E-state index in [1.807, 2.05) is 0 Å². The maximum atomic E-state index is 14.0. The first-order valence-corrected chi connectivity index (χ1v) is 13.2. The van der Waals surface area contributed by atoms with Crippen LogP contribution >= 0.6 is 0 Å². The molecule has 0 heterocycles. The zero-order valence-electron chi connectivity index (χ0n) is 20.3. The minimum Gasteiger partial charge on any atom is -0.372 e. The highest BCUT2D eigenvalue weighted by molar-refractivity contribution is 7.87. The van der Waals surface area contributed by atoms with Crippen LogP contribution < -0.4 is 4.18 Å². The monoisotopic (exact) mass is 602 g/mol. The molecule has 13 heteroatoms. The summed E-state index contributed by atoms with van der Waals surface area (Å²) in [5.41, 5.74) is 0.966. The van der Waals surface area contributed by atoms with Crippen molar-refractivity contribution in [3.05, 3.63) is 118 Å². The summed E-state index contributed by atoms with van der Waals surface area (Å²) in [7, 11) is -5.08. The number of halogens is 9. The third-order valence-electron chi connectivity index (χ3n) is 6.75. The Bertz CT molecular complexity index is 1750. The Labute approximate surface area is 226 Å². The molecule has 4 aromatic carbocycles. The van der Waals surface area contributed by atoms with Crippen LogP contribution in [0.2, 0.25) is 0 Å². The Hall–Kier alpha value is -4.00. The lowest BCUT2D eigenvalue weighted by molar-refractivity contribution is -0.137. The molecular weight excluding hydrogens is 587 g/mol. The van der Waals surface area contributed by atoms with E-state index in [0.717, 1.165) is 36.4 Å². The van der Waals surface area contributed by atoms with Gasteiger partial charge in [0.25, 0.3) is 0 Å². The van der Waals surface area contributed by atoms with Crippen molar-refractivity contribution in [1.82, 2.24) is 0 Å². The zero-order chi connectivity index (χ0) is 29.9. The van der Waals surface area contributed by atoms with Crippen LogP contribution in [0.1, 0.15) is 34.6 Å². The number of aryl methyl sites for hydroxylation is 1. The summed E-state index contributed by atoms with van der Waals surface area (Å²) in [5, 5.41) is 0. The summed E-state index contributed by atoms with van der Waals surface area (Å²) in [5.74, 6) is -15.3. The quantitative estimate of drug-likeness (QED) is 0.101. The van der Waals surface area contributed by atoms with E-state index in [-0.39, 0.29) is 12.0 Å². The Morgan fingerprint density at radius 2 is 1.29 bits per heavy atom. The first-order chi connectivity index (χ1) is 19.2. The molecular formula is C28H15F9O3S. The molecule has 0 bridgehead atoms. The van der Waals surface area contributed by atoms with E-state index in [0.29, 0.717) is 28.7 Å². The highest BCUT2D eigenvalue weighted by Gasteiger charge is 2.35. The summed E-state index contributed by atoms with van der Waals surface area (Å²) in [4.78, 5) is -0.646. The molecule has 1 aliphatic carbocycles. The molecule has 0 unspecified atom stereocenters. The lowest BCUT2D eigenvalue weighted by Gasteiger charge is -2.20. The van der Waals surface area contributed by atoms with Gasteiger partial charge in [-0.3, -0.25) is 0 Å². The van der Waals surface area contributed by atoms with Crippen molar-refractivity contribution in [2.75, 3.05) is 0 Å². The normalized spacial score (nSPS) is 15.2. The van der Waals surface area contributed by atoms with Gasteiger partial charge in [-0.1, -0.05) is 24.3 Å². The van der Waals surface area contributed by atoms with Gasteiger partial charge in [-0.25, -0.2) is 17.6 Å². The summed E-state index contributed by atoms with van der Waals surface area (Å²) in [6.45, 7) is 0. The van der Waals surface area contributed by atoms with Crippen molar-refractivity contribution < 1.29 is 52.1 Å². The van der Waals surface area contributed by atoms with Crippen LogP contribution in [0, 0.1) is 34.9 Å². The van der Waals surface area contributed by atoms with Crippen LogP contribution in [0.3, 0.4) is 0 Å². The van der Waals surface area contributed by atoms with Gasteiger partial charge in [0, 0.05) is 5.92 Å². The maximum Gasteiger partial charge on any atom is 0.416 e. The highest BCUT2D eigenvalue weighted by Crippen LogP contribution is 2.44. The molecule has 0 spiro atoms. The molecule has 3 nitrogen and oxygen atoms in total. The molecule has 0 aromatic heterocycles. The molecule has 1 aliphatic rings. The number of benzene rings is 4. The van der Waals surface area contributed by atoms with Crippen molar-refractivity contribution in [3.63, 3.8) is 0 Å². The lowest BCUT2D eigenvalue weighted by atomic mass is 9.86. The Balaban J connectivity index is 1.53. The van der Waals surface area contributed by atoms with Crippen molar-refractivity contribution in [2.24, 2.45) is 0 Å². The van der Waals surface area contributed by atoms with Crippen molar-refractivity contribution in [3.8, 4) is 16.9 Å². The largest absolute Gasteiger partial charge is 0.416 e. The first kappa shape index (κ1) is 28.5. The second kappa shape index (κ2) is 10.1. The van der Waals surface area contributed by atoms with Gasteiger partial charge in [-0.15, -0.1) is 0 Å². The van der Waals surface area contributed by atoms with Gasteiger partial charge in [0.2, 0.25) is 34.8 Å². The van der Waals surface area contributed by atoms with E-state index < -0.39 is 73.3 Å². The third-order valence-corrected chi connectivity index (χ3v) is 7.97. The molecule has 0 amide bonds. The van der Waals surface area contributed by atoms with Crippen molar-refractivity contribution in [1.29, 1.82) is 0 Å². The smallest absolute Gasteiger partial charge is 0.372 e. The second-order valence-corrected chi connectivity index (χ2v) is 10.7. The molecule has 0 saturated carbocycles. The third kappa shape index (κ3) is 5.14. The fraction of sp³-hybridized carbons (Fsp3) is 0.143. The SMILES string of the molecule is O=S(=O)(Oc1c(F)c(F)c(F)c(F)c1F)c1ccc2c(c1)CC[C@@H]2c1ccc(C(F)(F)F)cc1-c1ccc(F)cc1. The van der Waals surface area contributed by atoms with Gasteiger partial charge < -0.3 is 4.18 Å². The van der Waals surface area contributed by atoms with Gasteiger partial charge in [0.1, 0.15) is 10.7 Å². The fourth-order valence-corrected chi connectivity index (χ4v) is 5.79. The average Bonchev–Trinajstić information content (AvgIpc) is 3.36. The number of hydrogen-bond acceptors (Lipinski definition) is 3. The molecule has 214 valence electrons. The Morgan fingerprint density at radius 1 is 0.707 bits per heavy atom. The predicted molar refractivity (Wildman–Crippen MR) is 127 cm³/mol. The summed E-state index contributed by atoms with van der Waals surface area (Å²) in [6.07, 6.45) is -4.09. The van der Waals surface area contributed by atoms with Gasteiger partial charge in [0.15, 0.2) is 0 Å². The summed E-state index contributed by atoms with van der Waals surface area (Å²) < 4.78 is 152. The number of hydrogen-bond donors (Lipinski definition) is 0. The van der Waals surface area contributed by atoms with Crippen molar-refractivity contribution in [2.45, 2.75) is 29.8 Å². The van der Waals surface area contributed by atoms with E-state index in [2.05, 4.69) is 4.18 Å². The molecule has 0 aliphatic heterocycles.